The van der Waals surface area contributed by atoms with E-state index in [1.807, 2.05) is 37.3 Å². The molecule has 96 valence electrons. The number of amides is 1. The molecule has 0 saturated carbocycles. The average molecular weight is 284 g/mol. The van der Waals surface area contributed by atoms with Crippen LogP contribution in [0.25, 0.3) is 0 Å². The van der Waals surface area contributed by atoms with Gasteiger partial charge in [-0.15, -0.1) is 6.58 Å². The van der Waals surface area contributed by atoms with Crippen molar-refractivity contribution >= 4 is 29.1 Å². The van der Waals surface area contributed by atoms with Gasteiger partial charge in [0, 0.05) is 18.5 Å². The lowest BCUT2D eigenvalue weighted by Crippen LogP contribution is -2.34. The first-order valence-electron chi connectivity index (χ1n) is 5.84. The summed E-state index contributed by atoms with van der Waals surface area (Å²) < 4.78 is -1.39. The van der Waals surface area contributed by atoms with E-state index < -0.39 is 4.33 Å². The minimum Gasteiger partial charge on any atom is -0.332 e. The second-order valence-corrected chi connectivity index (χ2v) is 5.93. The Kier molecular flexibility index (Phi) is 3.69. The zero-order valence-corrected chi connectivity index (χ0v) is 11.7. The van der Waals surface area contributed by atoms with E-state index in [-0.39, 0.29) is 17.9 Å². The number of alkyl halides is 2. The molecule has 0 radical (unpaired) electrons. The van der Waals surface area contributed by atoms with Gasteiger partial charge in [0.25, 0.3) is 5.91 Å². The minimum atomic E-state index is -1.39. The number of hydrogen-bond donors (Lipinski definition) is 0. The standard InChI is InChI=1S/C14H15Cl2NO/c1-3-12-10(2)17(13(18)14(12,15)16)9-11-7-5-4-6-8-11/h3-8,10,12H,1,9H2,2H3/t10-,12+/m0/s1. The Balaban J connectivity index is 2.24. The fraction of sp³-hybridized carbons (Fsp3) is 0.357. The van der Waals surface area contributed by atoms with E-state index in [0.29, 0.717) is 6.54 Å². The molecule has 1 amide bonds. The van der Waals surface area contributed by atoms with Gasteiger partial charge in [-0.25, -0.2) is 0 Å². The number of carbonyl (C=O) groups is 1. The summed E-state index contributed by atoms with van der Waals surface area (Å²) >= 11 is 12.3. The lowest BCUT2D eigenvalue weighted by atomic mass is 10.0. The van der Waals surface area contributed by atoms with Gasteiger partial charge in [0.05, 0.1) is 0 Å². The molecule has 0 spiro atoms. The predicted octanol–water partition coefficient (Wildman–Crippen LogP) is 3.39. The van der Waals surface area contributed by atoms with Crippen molar-refractivity contribution in [3.8, 4) is 0 Å². The highest BCUT2D eigenvalue weighted by molar-refractivity contribution is 6.59. The van der Waals surface area contributed by atoms with Crippen molar-refractivity contribution in [2.24, 2.45) is 5.92 Å². The van der Waals surface area contributed by atoms with Crippen molar-refractivity contribution in [1.29, 1.82) is 0 Å². The van der Waals surface area contributed by atoms with E-state index in [9.17, 15) is 4.79 Å². The maximum atomic E-state index is 12.2. The predicted molar refractivity (Wildman–Crippen MR) is 74.6 cm³/mol. The first-order valence-corrected chi connectivity index (χ1v) is 6.59. The highest BCUT2D eigenvalue weighted by Crippen LogP contribution is 2.44. The van der Waals surface area contributed by atoms with Crippen LogP contribution in [-0.4, -0.2) is 21.2 Å². The van der Waals surface area contributed by atoms with E-state index in [4.69, 9.17) is 23.2 Å². The molecule has 4 heteroatoms. The van der Waals surface area contributed by atoms with E-state index in [1.54, 1.807) is 11.0 Å². The third-order valence-electron chi connectivity index (χ3n) is 3.43. The molecule has 1 saturated heterocycles. The third kappa shape index (κ3) is 2.15. The molecular weight excluding hydrogens is 269 g/mol. The van der Waals surface area contributed by atoms with Gasteiger partial charge in [-0.1, -0.05) is 59.6 Å². The Hall–Kier alpha value is -0.990. The van der Waals surface area contributed by atoms with Crippen LogP contribution in [0.2, 0.25) is 0 Å². The summed E-state index contributed by atoms with van der Waals surface area (Å²) in [6.07, 6.45) is 1.66. The van der Waals surface area contributed by atoms with Crippen molar-refractivity contribution in [2.75, 3.05) is 0 Å². The van der Waals surface area contributed by atoms with Gasteiger partial charge >= 0.3 is 0 Å². The monoisotopic (exact) mass is 283 g/mol. The molecule has 0 aliphatic carbocycles. The van der Waals surface area contributed by atoms with Crippen molar-refractivity contribution in [1.82, 2.24) is 4.90 Å². The third-order valence-corrected chi connectivity index (χ3v) is 4.25. The summed E-state index contributed by atoms with van der Waals surface area (Å²) in [7, 11) is 0. The highest BCUT2D eigenvalue weighted by Gasteiger charge is 2.54. The molecule has 18 heavy (non-hydrogen) atoms. The van der Waals surface area contributed by atoms with Gasteiger partial charge in [-0.05, 0) is 12.5 Å². The molecule has 0 N–H and O–H groups in total. The van der Waals surface area contributed by atoms with Crippen LogP contribution in [0.3, 0.4) is 0 Å². The summed E-state index contributed by atoms with van der Waals surface area (Å²) in [4.78, 5) is 13.9. The smallest absolute Gasteiger partial charge is 0.260 e. The molecule has 0 aromatic heterocycles. The van der Waals surface area contributed by atoms with Crippen LogP contribution in [0.15, 0.2) is 43.0 Å². The molecule has 0 bridgehead atoms. The Labute approximate surface area is 117 Å². The zero-order valence-electron chi connectivity index (χ0n) is 10.1. The van der Waals surface area contributed by atoms with Gasteiger partial charge in [-0.3, -0.25) is 4.79 Å². The summed E-state index contributed by atoms with van der Waals surface area (Å²) in [5.41, 5.74) is 1.06. The molecular formula is C14H15Cl2NO. The van der Waals surface area contributed by atoms with Crippen LogP contribution in [0.4, 0.5) is 0 Å². The van der Waals surface area contributed by atoms with Gasteiger partial charge in [0.1, 0.15) is 0 Å². The second-order valence-electron chi connectivity index (χ2n) is 4.54. The summed E-state index contributed by atoms with van der Waals surface area (Å²) in [5, 5.41) is 0. The number of nitrogens with zero attached hydrogens (tertiary/aromatic N) is 1. The number of rotatable bonds is 3. The van der Waals surface area contributed by atoms with Crippen molar-refractivity contribution < 1.29 is 4.79 Å². The lowest BCUT2D eigenvalue weighted by Gasteiger charge is -2.23. The van der Waals surface area contributed by atoms with Gasteiger partial charge in [0.15, 0.2) is 0 Å². The van der Waals surface area contributed by atoms with Crippen LogP contribution in [0.5, 0.6) is 0 Å². The molecule has 2 atom stereocenters. The van der Waals surface area contributed by atoms with Crippen molar-refractivity contribution in [3.05, 3.63) is 48.6 Å². The summed E-state index contributed by atoms with van der Waals surface area (Å²) in [6.45, 7) is 6.18. The van der Waals surface area contributed by atoms with Crippen LogP contribution in [0, 0.1) is 5.92 Å². The minimum absolute atomic E-state index is 0.0507. The summed E-state index contributed by atoms with van der Waals surface area (Å²) in [5.74, 6) is -0.496. The number of halogens is 2. The second kappa shape index (κ2) is 4.94. The molecule has 2 nitrogen and oxygen atoms in total. The van der Waals surface area contributed by atoms with Crippen molar-refractivity contribution in [2.45, 2.75) is 23.8 Å². The van der Waals surface area contributed by atoms with Gasteiger partial charge < -0.3 is 4.90 Å². The average Bonchev–Trinajstić information content (AvgIpc) is 2.51. The topological polar surface area (TPSA) is 20.3 Å². The van der Waals surface area contributed by atoms with Crippen LogP contribution >= 0.6 is 23.2 Å². The molecule has 1 aromatic carbocycles. The van der Waals surface area contributed by atoms with E-state index in [0.717, 1.165) is 5.56 Å². The first-order chi connectivity index (χ1) is 8.48. The SMILES string of the molecule is C=C[C@@H]1[C@H](C)N(Cc2ccccc2)C(=O)C1(Cl)Cl. The molecule has 0 unspecified atom stereocenters. The fourth-order valence-corrected chi connectivity index (χ4v) is 3.12. The number of hydrogen-bond acceptors (Lipinski definition) is 1. The Morgan fingerprint density at radius 3 is 2.50 bits per heavy atom. The quantitative estimate of drug-likeness (QED) is 0.615. The number of likely N-dealkylation sites (tertiary alicyclic amines) is 1. The Morgan fingerprint density at radius 1 is 1.39 bits per heavy atom. The number of carbonyl (C=O) groups excluding carboxylic acids is 1. The van der Waals surface area contributed by atoms with E-state index in [1.165, 1.54) is 0 Å². The Morgan fingerprint density at radius 2 is 2.00 bits per heavy atom. The molecule has 1 fully saturated rings. The zero-order chi connectivity index (χ0) is 13.3. The first kappa shape index (κ1) is 13.4. The molecule has 1 aromatic rings. The normalized spacial score (nSPS) is 26.4. The van der Waals surface area contributed by atoms with Crippen molar-refractivity contribution in [3.63, 3.8) is 0 Å². The largest absolute Gasteiger partial charge is 0.332 e. The van der Waals surface area contributed by atoms with Crippen LogP contribution in [0.1, 0.15) is 12.5 Å². The molecule has 1 heterocycles. The number of benzene rings is 1. The maximum absolute atomic E-state index is 12.2. The molecule has 1 aliphatic heterocycles. The Bertz CT molecular complexity index is 458. The maximum Gasteiger partial charge on any atom is 0.260 e. The molecule has 2 rings (SSSR count). The summed E-state index contributed by atoms with van der Waals surface area (Å²) in [6, 6.07) is 9.74. The fourth-order valence-electron chi connectivity index (χ4n) is 2.36. The lowest BCUT2D eigenvalue weighted by molar-refractivity contribution is -0.129. The molecule has 1 aliphatic rings. The van der Waals surface area contributed by atoms with Crippen LogP contribution in [-0.2, 0) is 11.3 Å². The van der Waals surface area contributed by atoms with Crippen LogP contribution < -0.4 is 0 Å². The highest BCUT2D eigenvalue weighted by atomic mass is 35.5. The van der Waals surface area contributed by atoms with E-state index in [2.05, 4.69) is 6.58 Å². The van der Waals surface area contributed by atoms with E-state index >= 15 is 0 Å². The van der Waals surface area contributed by atoms with Gasteiger partial charge in [0.2, 0.25) is 4.33 Å². The van der Waals surface area contributed by atoms with Gasteiger partial charge in [-0.2, -0.15) is 0 Å².